The Hall–Kier alpha value is -2.04. The molecule has 1 aromatic rings. The van der Waals surface area contributed by atoms with Crippen LogP contribution in [-0.4, -0.2) is 60.6 Å². The van der Waals surface area contributed by atoms with E-state index in [1.54, 1.807) is 0 Å². The number of nitrogens with two attached hydrogens (primary N) is 3. The zero-order valence-electron chi connectivity index (χ0n) is 16.2. The van der Waals surface area contributed by atoms with Crippen molar-refractivity contribution < 1.29 is 21.2 Å². The number of anilines is 1. The molecule has 12 nitrogen and oxygen atoms in total. The number of rotatable bonds is 7. The lowest BCUT2D eigenvalue weighted by Crippen LogP contribution is -2.49. The van der Waals surface area contributed by atoms with Crippen molar-refractivity contribution in [3.63, 3.8) is 0 Å². The summed E-state index contributed by atoms with van der Waals surface area (Å²) in [5.74, 6) is -0.844. The number of amidine groups is 1. The Morgan fingerprint density at radius 3 is 2.53 bits per heavy atom. The quantitative estimate of drug-likeness (QED) is 0.171. The van der Waals surface area contributed by atoms with Gasteiger partial charge in [-0.15, -0.1) is 5.11 Å². The molecule has 0 spiro atoms. The average Bonchev–Trinajstić information content (AvgIpc) is 2.67. The van der Waals surface area contributed by atoms with Gasteiger partial charge in [0.2, 0.25) is 20.0 Å². The molecule has 0 amide bonds. The molecule has 1 heterocycles. The molecule has 1 aliphatic rings. The highest BCUT2D eigenvalue weighted by molar-refractivity contribution is 7.92. The molecule has 1 aromatic carbocycles. The van der Waals surface area contributed by atoms with E-state index in [-0.39, 0.29) is 31.7 Å². The molecule has 1 saturated heterocycles. The van der Waals surface area contributed by atoms with Crippen molar-refractivity contribution in [2.45, 2.75) is 41.4 Å². The van der Waals surface area contributed by atoms with Gasteiger partial charge in [0.25, 0.3) is 0 Å². The Balaban J connectivity index is 2.80. The molecule has 1 fully saturated rings. The highest BCUT2D eigenvalue weighted by Crippen LogP contribution is 2.34. The van der Waals surface area contributed by atoms with Crippen LogP contribution in [0, 0.1) is 10.9 Å². The van der Waals surface area contributed by atoms with Crippen molar-refractivity contribution >= 4 is 31.6 Å². The summed E-state index contributed by atoms with van der Waals surface area (Å²) in [4.78, 5) is -0.199. The Morgan fingerprint density at radius 1 is 1.40 bits per heavy atom. The number of piperidine rings is 1. The van der Waals surface area contributed by atoms with Gasteiger partial charge in [-0.3, -0.25) is 5.41 Å². The van der Waals surface area contributed by atoms with Gasteiger partial charge in [0.05, 0.1) is 12.1 Å². The van der Waals surface area contributed by atoms with E-state index in [1.165, 1.54) is 17.9 Å². The van der Waals surface area contributed by atoms with E-state index in [2.05, 4.69) is 9.84 Å². The first kappa shape index (κ1) is 24.2. The van der Waals surface area contributed by atoms with Crippen LogP contribution in [0.2, 0.25) is 0 Å². The number of primary sulfonamides is 1. The van der Waals surface area contributed by atoms with E-state index in [0.29, 0.717) is 0 Å². The fraction of sp³-hybridized carbons (Fsp3) is 0.533. The van der Waals surface area contributed by atoms with Gasteiger partial charge in [0.1, 0.15) is 16.0 Å². The SMILES string of the molecule is CC(CN)NS(=O)(=O)c1ccc(N2CCC(N)C(F)C2)c(C(=N)N=N)c1S(N)(=O)=O. The van der Waals surface area contributed by atoms with Crippen molar-refractivity contribution in [3.05, 3.63) is 17.7 Å². The number of alkyl halides is 1. The predicted octanol–water partition coefficient (Wildman–Crippen LogP) is -0.809. The van der Waals surface area contributed by atoms with Crippen LogP contribution in [0.25, 0.3) is 0 Å². The molecule has 0 saturated carbocycles. The molecule has 1 aliphatic heterocycles. The third-order valence-electron chi connectivity index (χ3n) is 4.66. The standard InChI is InChI=1S/C15H25FN8O4S2/c1-8(6-17)23-30(27,28)12-3-2-11(24-5-4-10(18)9(16)7-24)13(15(19)22-20)14(12)29(21,25)26/h2-3,8-10,19-20,23H,4-7,17-18H2,1H3,(H2,21,25,26). The van der Waals surface area contributed by atoms with Crippen molar-refractivity contribution in [3.8, 4) is 0 Å². The minimum atomic E-state index is -4.71. The summed E-state index contributed by atoms with van der Waals surface area (Å²) in [6.07, 6.45) is -1.19. The molecule has 0 aromatic heterocycles. The van der Waals surface area contributed by atoms with Gasteiger partial charge in [-0.25, -0.2) is 36.6 Å². The van der Waals surface area contributed by atoms with Crippen molar-refractivity contribution in [1.29, 1.82) is 10.9 Å². The summed E-state index contributed by atoms with van der Waals surface area (Å²) in [5.41, 5.74) is 17.8. The number of halogens is 1. The monoisotopic (exact) mass is 464 g/mol. The predicted molar refractivity (Wildman–Crippen MR) is 108 cm³/mol. The summed E-state index contributed by atoms with van der Waals surface area (Å²) in [5, 5.41) is 16.2. The smallest absolute Gasteiger partial charge is 0.242 e. The van der Waals surface area contributed by atoms with Crippen LogP contribution in [0.4, 0.5) is 10.1 Å². The Kier molecular flexibility index (Phi) is 7.26. The Morgan fingerprint density at radius 2 is 2.03 bits per heavy atom. The largest absolute Gasteiger partial charge is 0.368 e. The van der Waals surface area contributed by atoms with E-state index in [0.717, 1.165) is 6.07 Å². The molecular formula is C15H25FN8O4S2. The highest BCUT2D eigenvalue weighted by atomic mass is 32.2. The maximum atomic E-state index is 14.2. The van der Waals surface area contributed by atoms with Crippen LogP contribution in [0.1, 0.15) is 18.9 Å². The summed E-state index contributed by atoms with van der Waals surface area (Å²) < 4.78 is 66.8. The van der Waals surface area contributed by atoms with Crippen LogP contribution in [0.3, 0.4) is 0 Å². The van der Waals surface area contributed by atoms with Crippen LogP contribution in [0.15, 0.2) is 27.0 Å². The van der Waals surface area contributed by atoms with Gasteiger partial charge >= 0.3 is 0 Å². The number of hydrogen-bond acceptors (Lipinski definition) is 9. The molecular weight excluding hydrogens is 439 g/mol. The molecule has 15 heteroatoms. The lowest BCUT2D eigenvalue weighted by Gasteiger charge is -2.36. The van der Waals surface area contributed by atoms with Crippen molar-refractivity contribution in [2.24, 2.45) is 21.7 Å². The van der Waals surface area contributed by atoms with E-state index in [4.69, 9.17) is 27.5 Å². The van der Waals surface area contributed by atoms with Crippen LogP contribution in [-0.2, 0) is 20.0 Å². The second-order valence-electron chi connectivity index (χ2n) is 6.96. The van der Waals surface area contributed by atoms with Gasteiger partial charge in [0.15, 0.2) is 5.84 Å². The maximum Gasteiger partial charge on any atom is 0.242 e. The third kappa shape index (κ3) is 4.98. The van der Waals surface area contributed by atoms with Crippen molar-refractivity contribution in [1.82, 2.24) is 4.72 Å². The highest BCUT2D eigenvalue weighted by Gasteiger charge is 2.35. The molecule has 0 radical (unpaired) electrons. The topological polar surface area (TPSA) is 222 Å². The normalized spacial score (nSPS) is 21.3. The zero-order chi connectivity index (χ0) is 22.9. The Bertz CT molecular complexity index is 1050. The minimum Gasteiger partial charge on any atom is -0.368 e. The van der Waals surface area contributed by atoms with Gasteiger partial charge in [-0.2, -0.15) is 0 Å². The van der Waals surface area contributed by atoms with E-state index in [9.17, 15) is 21.2 Å². The Labute approximate surface area is 174 Å². The van der Waals surface area contributed by atoms with Crippen LogP contribution < -0.4 is 26.2 Å². The number of nitrogens with zero attached hydrogens (tertiary/aromatic N) is 2. The molecule has 0 bridgehead atoms. The average molecular weight is 465 g/mol. The number of nitrogens with one attached hydrogen (secondary N) is 3. The maximum absolute atomic E-state index is 14.2. The molecule has 3 atom stereocenters. The lowest BCUT2D eigenvalue weighted by molar-refractivity contribution is 0.251. The second kappa shape index (κ2) is 8.99. The number of sulfonamides is 2. The summed E-state index contributed by atoms with van der Waals surface area (Å²) in [7, 11) is -9.13. The van der Waals surface area contributed by atoms with Gasteiger partial charge in [-0.05, 0) is 25.5 Å². The van der Waals surface area contributed by atoms with Crippen LogP contribution in [0.5, 0.6) is 0 Å². The van der Waals surface area contributed by atoms with E-state index in [1.807, 2.05) is 0 Å². The molecule has 0 aliphatic carbocycles. The number of benzene rings is 1. The second-order valence-corrected chi connectivity index (χ2v) is 10.1. The molecule has 9 N–H and O–H groups in total. The van der Waals surface area contributed by atoms with Gasteiger partial charge in [-0.1, -0.05) is 0 Å². The van der Waals surface area contributed by atoms with Crippen molar-refractivity contribution in [2.75, 3.05) is 24.5 Å². The first-order chi connectivity index (χ1) is 13.8. The summed E-state index contributed by atoms with van der Waals surface area (Å²) in [6, 6.07) is 0.810. The van der Waals surface area contributed by atoms with Crippen LogP contribution >= 0.6 is 0 Å². The zero-order valence-corrected chi connectivity index (χ0v) is 17.8. The fourth-order valence-corrected chi connectivity index (χ4v) is 5.97. The molecule has 3 unspecified atom stereocenters. The minimum absolute atomic E-state index is 0.0143. The van der Waals surface area contributed by atoms with Gasteiger partial charge in [0, 0.05) is 30.9 Å². The number of hydrogen-bond donors (Lipinski definition) is 6. The fourth-order valence-electron chi connectivity index (χ4n) is 3.11. The molecule has 168 valence electrons. The summed E-state index contributed by atoms with van der Waals surface area (Å²) in [6.45, 7) is 1.43. The third-order valence-corrected chi connectivity index (χ3v) is 7.42. The molecule has 30 heavy (non-hydrogen) atoms. The van der Waals surface area contributed by atoms with E-state index >= 15 is 0 Å². The van der Waals surface area contributed by atoms with Gasteiger partial charge < -0.3 is 16.4 Å². The lowest BCUT2D eigenvalue weighted by atomic mass is 10.0. The molecule has 2 rings (SSSR count). The first-order valence-corrected chi connectivity index (χ1v) is 11.9. The first-order valence-electron chi connectivity index (χ1n) is 8.86. The summed E-state index contributed by atoms with van der Waals surface area (Å²) >= 11 is 0. The van der Waals surface area contributed by atoms with E-state index < -0.39 is 59.5 Å².